The zero-order chi connectivity index (χ0) is 13.1. The minimum absolute atomic E-state index is 0.293. The Balaban J connectivity index is 2.11. The number of hydrogen-bond acceptors (Lipinski definition) is 1. The second-order valence-corrected chi connectivity index (χ2v) is 5.53. The minimum atomic E-state index is -0.627. The summed E-state index contributed by atoms with van der Waals surface area (Å²) in [6, 6.07) is 8.07. The van der Waals surface area contributed by atoms with E-state index < -0.39 is 11.6 Å². The van der Waals surface area contributed by atoms with Gasteiger partial charge in [-0.3, -0.25) is 0 Å². The molecule has 0 heterocycles. The van der Waals surface area contributed by atoms with Crippen LogP contribution in [0.5, 0.6) is 0 Å². The Morgan fingerprint density at radius 3 is 2.39 bits per heavy atom. The van der Waals surface area contributed by atoms with Gasteiger partial charge in [0.1, 0.15) is 17.5 Å². The fourth-order valence-corrected chi connectivity index (χ4v) is 2.63. The number of halogens is 4. The fourth-order valence-electron chi connectivity index (χ4n) is 1.39. The molecule has 0 atom stereocenters. The van der Waals surface area contributed by atoms with Crippen molar-refractivity contribution in [3.8, 4) is 0 Å². The maximum Gasteiger partial charge on any atom is 0.139 e. The first-order chi connectivity index (χ1) is 8.56. The normalized spacial score (nSPS) is 10.7. The Kier molecular flexibility index (Phi) is 4.35. The minimum Gasteiger partial charge on any atom is -0.207 e. The van der Waals surface area contributed by atoms with Crippen molar-refractivity contribution in [2.24, 2.45) is 0 Å². The van der Waals surface area contributed by atoms with Crippen LogP contribution in [0.3, 0.4) is 0 Å². The van der Waals surface area contributed by atoms with Crippen LogP contribution in [0.2, 0.25) is 0 Å². The third kappa shape index (κ3) is 3.29. The highest BCUT2D eigenvalue weighted by molar-refractivity contribution is 9.10. The van der Waals surface area contributed by atoms with E-state index in [0.717, 1.165) is 17.8 Å². The van der Waals surface area contributed by atoms with E-state index in [-0.39, 0.29) is 5.82 Å². The van der Waals surface area contributed by atoms with Crippen LogP contribution in [-0.4, -0.2) is 0 Å². The topological polar surface area (TPSA) is 0 Å². The van der Waals surface area contributed by atoms with Gasteiger partial charge in [0.05, 0.1) is 0 Å². The largest absolute Gasteiger partial charge is 0.207 e. The van der Waals surface area contributed by atoms with Crippen molar-refractivity contribution >= 4 is 27.7 Å². The van der Waals surface area contributed by atoms with E-state index in [1.54, 1.807) is 12.1 Å². The van der Waals surface area contributed by atoms with Gasteiger partial charge in [-0.05, 0) is 29.8 Å². The zero-order valence-electron chi connectivity index (χ0n) is 9.09. The summed E-state index contributed by atoms with van der Waals surface area (Å²) in [5, 5.41) is 0. The lowest BCUT2D eigenvalue weighted by molar-refractivity contribution is 0.565. The van der Waals surface area contributed by atoms with Gasteiger partial charge in [-0.15, -0.1) is 11.8 Å². The molecule has 0 N–H and O–H groups in total. The van der Waals surface area contributed by atoms with Gasteiger partial charge in [-0.25, -0.2) is 13.2 Å². The molecule has 18 heavy (non-hydrogen) atoms. The van der Waals surface area contributed by atoms with Crippen LogP contribution in [0.1, 0.15) is 5.56 Å². The van der Waals surface area contributed by atoms with Crippen LogP contribution in [0.25, 0.3) is 0 Å². The Morgan fingerprint density at radius 2 is 1.72 bits per heavy atom. The maximum atomic E-state index is 13.5. The second-order valence-electron chi connectivity index (χ2n) is 3.60. The second kappa shape index (κ2) is 5.80. The van der Waals surface area contributed by atoms with E-state index in [4.69, 9.17) is 0 Å². The molecule has 0 aromatic heterocycles. The molecule has 0 aliphatic carbocycles. The lowest BCUT2D eigenvalue weighted by Gasteiger charge is -2.05. The third-order valence-corrected chi connectivity index (χ3v) is 3.88. The molecule has 2 rings (SSSR count). The van der Waals surface area contributed by atoms with Crippen molar-refractivity contribution in [2.45, 2.75) is 10.6 Å². The average Bonchev–Trinajstić information content (AvgIpc) is 2.30. The lowest BCUT2D eigenvalue weighted by Crippen LogP contribution is -1.89. The molecule has 0 fully saturated rings. The Hall–Kier alpha value is -0.940. The summed E-state index contributed by atoms with van der Waals surface area (Å²) in [7, 11) is 0. The van der Waals surface area contributed by atoms with Gasteiger partial charge in [-0.1, -0.05) is 22.0 Å². The lowest BCUT2D eigenvalue weighted by atomic mass is 10.2. The van der Waals surface area contributed by atoms with Gasteiger partial charge in [0.2, 0.25) is 0 Å². The molecule has 0 saturated heterocycles. The summed E-state index contributed by atoms with van der Waals surface area (Å²) in [4.78, 5) is 0.304. The first-order valence-electron chi connectivity index (χ1n) is 5.08. The van der Waals surface area contributed by atoms with E-state index in [1.165, 1.54) is 18.2 Å². The molecule has 0 spiro atoms. The molecule has 2 aromatic rings. The average molecular weight is 333 g/mol. The van der Waals surface area contributed by atoms with Gasteiger partial charge < -0.3 is 0 Å². The van der Waals surface area contributed by atoms with Crippen molar-refractivity contribution in [1.82, 2.24) is 0 Å². The molecule has 0 saturated carbocycles. The Bertz CT molecular complexity index is 521. The first kappa shape index (κ1) is 13.5. The van der Waals surface area contributed by atoms with Crippen LogP contribution in [0.15, 0.2) is 45.8 Å². The van der Waals surface area contributed by atoms with E-state index >= 15 is 0 Å². The highest BCUT2D eigenvalue weighted by Crippen LogP contribution is 2.27. The van der Waals surface area contributed by atoms with Crippen LogP contribution in [-0.2, 0) is 5.75 Å². The molecule has 2 aromatic carbocycles. The van der Waals surface area contributed by atoms with Crippen molar-refractivity contribution in [3.63, 3.8) is 0 Å². The zero-order valence-corrected chi connectivity index (χ0v) is 11.5. The van der Waals surface area contributed by atoms with E-state index in [1.807, 2.05) is 0 Å². The van der Waals surface area contributed by atoms with Gasteiger partial charge in [0.15, 0.2) is 0 Å². The molecule has 0 bridgehead atoms. The van der Waals surface area contributed by atoms with Crippen molar-refractivity contribution < 1.29 is 13.2 Å². The summed E-state index contributed by atoms with van der Waals surface area (Å²) in [6.45, 7) is 0. The molecule has 5 heteroatoms. The highest BCUT2D eigenvalue weighted by atomic mass is 79.9. The molecule has 94 valence electrons. The van der Waals surface area contributed by atoms with Gasteiger partial charge >= 0.3 is 0 Å². The molecule has 0 aliphatic heterocycles. The van der Waals surface area contributed by atoms with Crippen molar-refractivity contribution in [1.29, 1.82) is 0 Å². The van der Waals surface area contributed by atoms with Crippen LogP contribution < -0.4 is 0 Å². The summed E-state index contributed by atoms with van der Waals surface area (Å²) < 4.78 is 40.2. The van der Waals surface area contributed by atoms with Gasteiger partial charge in [0, 0.05) is 21.2 Å². The van der Waals surface area contributed by atoms with Crippen molar-refractivity contribution in [2.75, 3.05) is 0 Å². The van der Waals surface area contributed by atoms with Crippen LogP contribution in [0, 0.1) is 17.5 Å². The smallest absolute Gasteiger partial charge is 0.139 e. The van der Waals surface area contributed by atoms with E-state index in [0.29, 0.717) is 20.7 Å². The molecule has 0 amide bonds. The number of rotatable bonds is 3. The molecule has 0 aliphatic rings. The SMILES string of the molecule is Fc1ccc(SCc2ccc(Br)cc2F)c(F)c1. The predicted molar refractivity (Wildman–Crippen MR) is 70.0 cm³/mol. The van der Waals surface area contributed by atoms with Crippen molar-refractivity contribution in [3.05, 3.63) is 63.9 Å². The molecule has 0 unspecified atom stereocenters. The fraction of sp³-hybridized carbons (Fsp3) is 0.0769. The number of hydrogen-bond donors (Lipinski definition) is 0. The van der Waals surface area contributed by atoms with Crippen LogP contribution in [0.4, 0.5) is 13.2 Å². The molecular weight excluding hydrogens is 325 g/mol. The summed E-state index contributed by atoms with van der Waals surface area (Å²) in [6.07, 6.45) is 0. The molecular formula is C13H8BrF3S. The third-order valence-electron chi connectivity index (χ3n) is 2.29. The van der Waals surface area contributed by atoms with Crippen LogP contribution >= 0.6 is 27.7 Å². The van der Waals surface area contributed by atoms with E-state index in [9.17, 15) is 13.2 Å². The Morgan fingerprint density at radius 1 is 0.944 bits per heavy atom. The maximum absolute atomic E-state index is 13.5. The monoisotopic (exact) mass is 332 g/mol. The first-order valence-corrected chi connectivity index (χ1v) is 6.86. The standard InChI is InChI=1S/C13H8BrF3S/c14-9-2-1-8(11(16)5-9)7-18-13-4-3-10(15)6-12(13)17/h1-6H,7H2. The highest BCUT2D eigenvalue weighted by Gasteiger charge is 2.07. The number of benzene rings is 2. The van der Waals surface area contributed by atoms with Gasteiger partial charge in [-0.2, -0.15) is 0 Å². The summed E-state index contributed by atoms with van der Waals surface area (Å²) in [5.41, 5.74) is 0.479. The Labute approximate surface area is 115 Å². The predicted octanol–water partition coefficient (Wildman–Crippen LogP) is 5.16. The van der Waals surface area contributed by atoms with Gasteiger partial charge in [0.25, 0.3) is 0 Å². The summed E-state index contributed by atoms with van der Waals surface area (Å²) >= 11 is 4.30. The molecule has 0 nitrogen and oxygen atoms in total. The number of thioether (sulfide) groups is 1. The summed E-state index contributed by atoms with van der Waals surface area (Å²) in [5.74, 6) is -1.30. The van der Waals surface area contributed by atoms with E-state index in [2.05, 4.69) is 15.9 Å². The molecule has 0 radical (unpaired) electrons. The quantitative estimate of drug-likeness (QED) is 0.699.